The highest BCUT2D eigenvalue weighted by Gasteiger charge is 2.26. The lowest BCUT2D eigenvalue weighted by molar-refractivity contribution is -0.132. The average Bonchev–Trinajstić information content (AvgIpc) is 2.79. The number of aryl methyl sites for hydroxylation is 2. The lowest BCUT2D eigenvalue weighted by Crippen LogP contribution is -2.12. The average molecular weight is 375 g/mol. The minimum absolute atomic E-state index is 0.148. The highest BCUT2D eigenvalue weighted by molar-refractivity contribution is 6.32. The van der Waals surface area contributed by atoms with Crippen molar-refractivity contribution in [2.75, 3.05) is 0 Å². The minimum atomic E-state index is -0.504. The van der Waals surface area contributed by atoms with Crippen LogP contribution < -0.4 is 4.74 Å². The Morgan fingerprint density at radius 2 is 1.69 bits per heavy atom. The van der Waals surface area contributed by atoms with E-state index in [1.807, 2.05) is 27.7 Å². The van der Waals surface area contributed by atoms with Crippen LogP contribution in [0.3, 0.4) is 0 Å². The molecular formula is C20H23ClN2O3. The number of halogens is 1. The van der Waals surface area contributed by atoms with Gasteiger partial charge in [-0.3, -0.25) is 9.59 Å². The second kappa shape index (κ2) is 7.46. The minimum Gasteiger partial charge on any atom is -0.407 e. The predicted octanol–water partition coefficient (Wildman–Crippen LogP) is 4.66. The number of hydrogen-bond donors (Lipinski definition) is 0. The fourth-order valence-electron chi connectivity index (χ4n) is 2.92. The summed E-state index contributed by atoms with van der Waals surface area (Å²) >= 11 is 6.40. The second-order valence-electron chi connectivity index (χ2n) is 6.53. The van der Waals surface area contributed by atoms with Crippen molar-refractivity contribution in [3.05, 3.63) is 50.7 Å². The molecule has 0 spiro atoms. The molecule has 1 aromatic carbocycles. The lowest BCUT2D eigenvalue weighted by atomic mass is 9.91. The SMILES string of the molecule is CC(=O)Oc1c(C(=O)c2ccc(Cl)c(C(C)=C(C)C)c2C)c(C)nn1C. The smallest absolute Gasteiger partial charge is 0.309 e. The molecule has 0 saturated heterocycles. The van der Waals surface area contributed by atoms with Crippen molar-refractivity contribution in [1.82, 2.24) is 9.78 Å². The zero-order chi connectivity index (χ0) is 19.8. The summed E-state index contributed by atoms with van der Waals surface area (Å²) in [5.74, 6) is -0.602. The van der Waals surface area contributed by atoms with Crippen molar-refractivity contribution in [1.29, 1.82) is 0 Å². The molecular weight excluding hydrogens is 352 g/mol. The van der Waals surface area contributed by atoms with Gasteiger partial charge in [0.1, 0.15) is 5.56 Å². The molecule has 0 aliphatic carbocycles. The van der Waals surface area contributed by atoms with Gasteiger partial charge in [-0.25, -0.2) is 4.68 Å². The van der Waals surface area contributed by atoms with Gasteiger partial charge in [-0.15, -0.1) is 0 Å². The van der Waals surface area contributed by atoms with E-state index >= 15 is 0 Å². The summed E-state index contributed by atoms with van der Waals surface area (Å²) < 4.78 is 6.62. The summed E-state index contributed by atoms with van der Waals surface area (Å²) in [7, 11) is 1.63. The van der Waals surface area contributed by atoms with Gasteiger partial charge in [0.05, 0.1) is 5.69 Å². The van der Waals surface area contributed by atoms with E-state index in [0.29, 0.717) is 16.3 Å². The maximum absolute atomic E-state index is 13.3. The maximum atomic E-state index is 13.3. The molecule has 2 aromatic rings. The molecule has 5 nitrogen and oxygen atoms in total. The summed E-state index contributed by atoms with van der Waals surface area (Å²) in [4.78, 5) is 24.7. The molecule has 0 bridgehead atoms. The Balaban J connectivity index is 2.68. The van der Waals surface area contributed by atoms with Gasteiger partial charge in [0.2, 0.25) is 11.7 Å². The van der Waals surface area contributed by atoms with E-state index in [2.05, 4.69) is 5.10 Å². The monoisotopic (exact) mass is 374 g/mol. The molecule has 0 saturated carbocycles. The van der Waals surface area contributed by atoms with Crippen LogP contribution in [0, 0.1) is 13.8 Å². The van der Waals surface area contributed by atoms with Gasteiger partial charge >= 0.3 is 5.97 Å². The number of ketones is 1. The lowest BCUT2D eigenvalue weighted by Gasteiger charge is -2.15. The summed E-state index contributed by atoms with van der Waals surface area (Å²) in [6.45, 7) is 10.9. The van der Waals surface area contributed by atoms with Gasteiger partial charge in [0.25, 0.3) is 0 Å². The molecule has 2 rings (SSSR count). The number of ether oxygens (including phenoxy) is 1. The van der Waals surface area contributed by atoms with Crippen LogP contribution in [0.15, 0.2) is 17.7 Å². The molecule has 1 heterocycles. The first-order valence-electron chi connectivity index (χ1n) is 8.26. The van der Waals surface area contributed by atoms with Crippen LogP contribution in [0.1, 0.15) is 60.4 Å². The number of allylic oxidation sites excluding steroid dienone is 2. The highest BCUT2D eigenvalue weighted by Crippen LogP contribution is 2.33. The van der Waals surface area contributed by atoms with E-state index in [-0.39, 0.29) is 17.2 Å². The van der Waals surface area contributed by atoms with Gasteiger partial charge in [-0.1, -0.05) is 17.2 Å². The first-order chi connectivity index (χ1) is 12.1. The number of nitrogens with zero attached hydrogens (tertiary/aromatic N) is 2. The number of rotatable bonds is 4. The van der Waals surface area contributed by atoms with Gasteiger partial charge in [-0.2, -0.15) is 5.10 Å². The molecule has 0 atom stereocenters. The Kier molecular flexibility index (Phi) is 5.71. The van der Waals surface area contributed by atoms with E-state index in [1.54, 1.807) is 26.1 Å². The number of hydrogen-bond acceptors (Lipinski definition) is 4. The van der Waals surface area contributed by atoms with E-state index in [0.717, 1.165) is 22.3 Å². The van der Waals surface area contributed by atoms with Crippen molar-refractivity contribution >= 4 is 28.9 Å². The van der Waals surface area contributed by atoms with Gasteiger partial charge < -0.3 is 4.74 Å². The third kappa shape index (κ3) is 3.58. The summed E-state index contributed by atoms with van der Waals surface area (Å²) in [6.07, 6.45) is 0. The Hall–Kier alpha value is -2.40. The van der Waals surface area contributed by atoms with Crippen molar-refractivity contribution in [2.45, 2.75) is 41.5 Å². The molecule has 0 N–H and O–H groups in total. The van der Waals surface area contributed by atoms with E-state index in [9.17, 15) is 9.59 Å². The van der Waals surface area contributed by atoms with Gasteiger partial charge in [0, 0.05) is 24.6 Å². The third-order valence-electron chi connectivity index (χ3n) is 4.42. The molecule has 138 valence electrons. The van der Waals surface area contributed by atoms with Crippen LogP contribution in [0.25, 0.3) is 5.57 Å². The first kappa shape index (κ1) is 19.9. The fraction of sp³-hybridized carbons (Fsp3) is 0.350. The number of esters is 1. The second-order valence-corrected chi connectivity index (χ2v) is 6.94. The number of aromatic nitrogens is 2. The van der Waals surface area contributed by atoms with Crippen LogP contribution in [-0.2, 0) is 11.8 Å². The van der Waals surface area contributed by atoms with Crippen LogP contribution >= 0.6 is 11.6 Å². The van der Waals surface area contributed by atoms with Gasteiger partial charge in [-0.05, 0) is 63.5 Å². The van der Waals surface area contributed by atoms with Gasteiger partial charge in [0.15, 0.2) is 0 Å². The normalized spacial score (nSPS) is 10.6. The largest absolute Gasteiger partial charge is 0.407 e. The Bertz CT molecular complexity index is 935. The molecule has 1 aromatic heterocycles. The standard InChI is InChI=1S/C20H23ClN2O3/c1-10(2)11(3)17-12(4)15(8-9-16(17)21)19(25)18-13(5)22-23(7)20(18)26-14(6)24/h8-9H,1-7H3. The van der Waals surface area contributed by atoms with Crippen LogP contribution in [-0.4, -0.2) is 21.5 Å². The summed E-state index contributed by atoms with van der Waals surface area (Å²) in [5.41, 5.74) is 5.10. The van der Waals surface area contributed by atoms with Crippen LogP contribution in [0.2, 0.25) is 5.02 Å². The third-order valence-corrected chi connectivity index (χ3v) is 4.74. The predicted molar refractivity (Wildman–Crippen MR) is 103 cm³/mol. The van der Waals surface area contributed by atoms with Crippen molar-refractivity contribution in [3.8, 4) is 5.88 Å². The summed E-state index contributed by atoms with van der Waals surface area (Å²) in [6, 6.07) is 3.42. The zero-order valence-electron chi connectivity index (χ0n) is 16.2. The number of benzene rings is 1. The van der Waals surface area contributed by atoms with Crippen LogP contribution in [0.4, 0.5) is 0 Å². The molecule has 0 aliphatic rings. The Labute approximate surface area is 158 Å². The van der Waals surface area contributed by atoms with E-state index in [1.165, 1.54) is 11.6 Å². The number of carbonyl (C=O) groups is 2. The molecule has 26 heavy (non-hydrogen) atoms. The molecule has 0 radical (unpaired) electrons. The Morgan fingerprint density at radius 1 is 1.08 bits per heavy atom. The molecule has 0 aliphatic heterocycles. The first-order valence-corrected chi connectivity index (χ1v) is 8.64. The van der Waals surface area contributed by atoms with Crippen molar-refractivity contribution in [3.63, 3.8) is 0 Å². The molecule has 6 heteroatoms. The fourth-order valence-corrected chi connectivity index (χ4v) is 3.27. The molecule has 0 fully saturated rings. The zero-order valence-corrected chi connectivity index (χ0v) is 16.9. The highest BCUT2D eigenvalue weighted by atomic mass is 35.5. The number of carbonyl (C=O) groups excluding carboxylic acids is 2. The van der Waals surface area contributed by atoms with E-state index < -0.39 is 5.97 Å². The summed E-state index contributed by atoms with van der Waals surface area (Å²) in [5, 5.41) is 4.82. The maximum Gasteiger partial charge on any atom is 0.309 e. The molecule has 0 amide bonds. The van der Waals surface area contributed by atoms with Crippen LogP contribution in [0.5, 0.6) is 5.88 Å². The van der Waals surface area contributed by atoms with Crippen molar-refractivity contribution in [2.24, 2.45) is 7.05 Å². The van der Waals surface area contributed by atoms with E-state index in [4.69, 9.17) is 16.3 Å². The van der Waals surface area contributed by atoms with Crippen molar-refractivity contribution < 1.29 is 14.3 Å². The Morgan fingerprint density at radius 3 is 2.23 bits per heavy atom. The molecule has 0 unspecified atom stereocenters. The quantitative estimate of drug-likeness (QED) is 0.576. The topological polar surface area (TPSA) is 61.2 Å².